The fourth-order valence-corrected chi connectivity index (χ4v) is 3.40. The van der Waals surface area contributed by atoms with Gasteiger partial charge >= 0.3 is 0 Å². The summed E-state index contributed by atoms with van der Waals surface area (Å²) in [5.41, 5.74) is 2.49. The van der Waals surface area contributed by atoms with Gasteiger partial charge in [0.2, 0.25) is 5.95 Å². The van der Waals surface area contributed by atoms with Crippen molar-refractivity contribution in [3.63, 3.8) is 0 Å². The molecule has 1 fully saturated rings. The number of hydrogen-bond acceptors (Lipinski definition) is 7. The monoisotopic (exact) mass is 363 g/mol. The summed E-state index contributed by atoms with van der Waals surface area (Å²) >= 11 is 0. The van der Waals surface area contributed by atoms with Crippen molar-refractivity contribution in [2.45, 2.75) is 13.0 Å². The zero-order chi connectivity index (χ0) is 18.8. The Morgan fingerprint density at radius 1 is 1.07 bits per heavy atom. The van der Waals surface area contributed by atoms with E-state index in [1.165, 1.54) is 6.33 Å². The molecule has 0 N–H and O–H groups in total. The van der Waals surface area contributed by atoms with Gasteiger partial charge in [-0.25, -0.2) is 15.0 Å². The first-order valence-corrected chi connectivity index (χ1v) is 8.88. The van der Waals surface area contributed by atoms with Gasteiger partial charge in [-0.15, -0.1) is 0 Å². The molecule has 0 bridgehead atoms. The van der Waals surface area contributed by atoms with Crippen molar-refractivity contribution >= 4 is 11.6 Å². The van der Waals surface area contributed by atoms with Gasteiger partial charge in [-0.2, -0.15) is 0 Å². The smallest absolute Gasteiger partial charge is 0.255 e. The lowest BCUT2D eigenvalue weighted by molar-refractivity contribution is 0.529. The molecule has 4 heterocycles. The summed E-state index contributed by atoms with van der Waals surface area (Å²) in [6, 6.07) is 5.48. The number of pyridine rings is 1. The zero-order valence-electron chi connectivity index (χ0n) is 15.4. The molecule has 1 atom stereocenters. The minimum Gasteiger partial charge on any atom is -0.365 e. The maximum Gasteiger partial charge on any atom is 0.255 e. The van der Waals surface area contributed by atoms with Gasteiger partial charge < -0.3 is 9.80 Å². The van der Waals surface area contributed by atoms with Crippen molar-refractivity contribution in [3.8, 4) is 11.3 Å². The topological polar surface area (TPSA) is 80.0 Å². The highest BCUT2D eigenvalue weighted by atomic mass is 16.1. The second-order valence-electron chi connectivity index (χ2n) is 6.66. The molecular weight excluding hydrogens is 342 g/mol. The molecule has 3 aromatic heterocycles. The van der Waals surface area contributed by atoms with Crippen LogP contribution in [0.25, 0.3) is 11.3 Å². The van der Waals surface area contributed by atoms with E-state index in [1.807, 2.05) is 24.5 Å². The van der Waals surface area contributed by atoms with E-state index in [4.69, 9.17) is 4.98 Å². The Labute approximate surface area is 157 Å². The number of rotatable bonds is 3. The minimum absolute atomic E-state index is 0.0714. The first-order chi connectivity index (χ1) is 13.1. The molecule has 1 saturated heterocycles. The number of anilines is 2. The molecule has 4 rings (SSSR count). The van der Waals surface area contributed by atoms with Crippen molar-refractivity contribution in [2.75, 3.05) is 29.4 Å². The largest absolute Gasteiger partial charge is 0.365 e. The van der Waals surface area contributed by atoms with Crippen LogP contribution in [0.5, 0.6) is 0 Å². The molecule has 3 aromatic rings. The quantitative estimate of drug-likeness (QED) is 0.695. The van der Waals surface area contributed by atoms with Crippen LogP contribution < -0.4 is 15.4 Å². The predicted octanol–water partition coefficient (Wildman–Crippen LogP) is 1.35. The number of hydrogen-bond donors (Lipinski definition) is 0. The molecule has 138 valence electrons. The second-order valence-corrected chi connectivity index (χ2v) is 6.66. The van der Waals surface area contributed by atoms with Crippen molar-refractivity contribution in [1.82, 2.24) is 24.5 Å². The van der Waals surface area contributed by atoms with Crippen LogP contribution in [-0.2, 0) is 7.05 Å². The first kappa shape index (κ1) is 17.1. The van der Waals surface area contributed by atoms with Crippen molar-refractivity contribution in [2.24, 2.45) is 7.05 Å². The van der Waals surface area contributed by atoms with Gasteiger partial charge in [-0.1, -0.05) is 0 Å². The van der Waals surface area contributed by atoms with E-state index in [9.17, 15) is 4.79 Å². The molecule has 8 nitrogen and oxygen atoms in total. The summed E-state index contributed by atoms with van der Waals surface area (Å²) in [6.07, 6.45) is 8.60. The highest BCUT2D eigenvalue weighted by Crippen LogP contribution is 2.23. The van der Waals surface area contributed by atoms with Crippen molar-refractivity contribution in [3.05, 3.63) is 59.7 Å². The average Bonchev–Trinajstić information content (AvgIpc) is 2.71. The summed E-state index contributed by atoms with van der Waals surface area (Å²) in [7, 11) is 1.77. The number of piperazine rings is 1. The van der Waals surface area contributed by atoms with Crippen LogP contribution in [0, 0.1) is 0 Å². The van der Waals surface area contributed by atoms with E-state index in [2.05, 4.69) is 31.7 Å². The predicted molar refractivity (Wildman–Crippen MR) is 104 cm³/mol. The fourth-order valence-electron chi connectivity index (χ4n) is 3.40. The van der Waals surface area contributed by atoms with Crippen LogP contribution in [0.3, 0.4) is 0 Å². The second kappa shape index (κ2) is 7.14. The summed E-state index contributed by atoms with van der Waals surface area (Å²) in [4.78, 5) is 34.0. The van der Waals surface area contributed by atoms with E-state index in [-0.39, 0.29) is 11.6 Å². The summed E-state index contributed by atoms with van der Waals surface area (Å²) < 4.78 is 1.61. The van der Waals surface area contributed by atoms with Gasteiger partial charge in [0.15, 0.2) is 0 Å². The molecule has 0 aliphatic carbocycles. The normalized spacial score (nSPS) is 17.2. The van der Waals surface area contributed by atoms with E-state index in [0.29, 0.717) is 11.6 Å². The van der Waals surface area contributed by atoms with Crippen LogP contribution in [0.2, 0.25) is 0 Å². The Morgan fingerprint density at radius 2 is 1.81 bits per heavy atom. The zero-order valence-corrected chi connectivity index (χ0v) is 15.4. The summed E-state index contributed by atoms with van der Waals surface area (Å²) in [5, 5.41) is 0. The number of aromatic nitrogens is 5. The maximum atomic E-state index is 12.5. The third-order valence-electron chi connectivity index (χ3n) is 4.88. The first-order valence-electron chi connectivity index (χ1n) is 8.88. The standard InChI is InChI=1S/C19H21N7O/c1-14-12-25(16-10-21-13-22-11-16)7-8-26(14)19-23-17(9-18(27)24(19)2)15-3-5-20-6-4-15/h3-6,9-11,13-14H,7-8,12H2,1-2H3/t14-/m1/s1. The SMILES string of the molecule is C[C@@H]1CN(c2cncnc2)CCN1c1nc(-c2ccncc2)cc(=O)n1C. The summed E-state index contributed by atoms with van der Waals surface area (Å²) in [6.45, 7) is 4.52. The van der Waals surface area contributed by atoms with Gasteiger partial charge in [-0.05, 0) is 19.1 Å². The van der Waals surface area contributed by atoms with Crippen molar-refractivity contribution < 1.29 is 0 Å². The lowest BCUT2D eigenvalue weighted by Gasteiger charge is -2.41. The van der Waals surface area contributed by atoms with Gasteiger partial charge in [0.1, 0.15) is 6.33 Å². The van der Waals surface area contributed by atoms with Gasteiger partial charge in [0.05, 0.1) is 23.8 Å². The maximum absolute atomic E-state index is 12.5. The molecule has 0 amide bonds. The van der Waals surface area contributed by atoms with E-state index < -0.39 is 0 Å². The van der Waals surface area contributed by atoms with Crippen LogP contribution >= 0.6 is 0 Å². The van der Waals surface area contributed by atoms with E-state index in [1.54, 1.807) is 30.1 Å². The molecule has 1 aliphatic rings. The van der Waals surface area contributed by atoms with Crippen LogP contribution in [0.1, 0.15) is 6.92 Å². The fraction of sp³-hybridized carbons (Fsp3) is 0.316. The number of nitrogens with zero attached hydrogens (tertiary/aromatic N) is 7. The Morgan fingerprint density at radius 3 is 2.52 bits per heavy atom. The molecule has 8 heteroatoms. The lowest BCUT2D eigenvalue weighted by Crippen LogP contribution is -2.53. The Hall–Kier alpha value is -3.29. The molecular formula is C19H21N7O. The highest BCUT2D eigenvalue weighted by molar-refractivity contribution is 5.60. The Balaban J connectivity index is 1.64. The van der Waals surface area contributed by atoms with E-state index >= 15 is 0 Å². The molecule has 27 heavy (non-hydrogen) atoms. The molecule has 0 spiro atoms. The molecule has 1 aliphatic heterocycles. The molecule has 0 aromatic carbocycles. The third kappa shape index (κ3) is 3.38. The van der Waals surface area contributed by atoms with Gasteiger partial charge in [0.25, 0.3) is 5.56 Å². The van der Waals surface area contributed by atoms with Gasteiger partial charge in [0, 0.05) is 56.7 Å². The molecule has 0 saturated carbocycles. The minimum atomic E-state index is -0.0714. The average molecular weight is 363 g/mol. The van der Waals surface area contributed by atoms with Gasteiger partial charge in [-0.3, -0.25) is 14.3 Å². The Kier molecular flexibility index (Phi) is 4.53. The summed E-state index contributed by atoms with van der Waals surface area (Å²) in [5.74, 6) is 0.686. The van der Waals surface area contributed by atoms with Crippen molar-refractivity contribution in [1.29, 1.82) is 0 Å². The Bertz CT molecular complexity index is 974. The highest BCUT2D eigenvalue weighted by Gasteiger charge is 2.27. The van der Waals surface area contributed by atoms with E-state index in [0.717, 1.165) is 30.9 Å². The third-order valence-corrected chi connectivity index (χ3v) is 4.88. The van der Waals surface area contributed by atoms with Crippen LogP contribution in [0.15, 0.2) is 54.1 Å². The molecule has 0 radical (unpaired) electrons. The lowest BCUT2D eigenvalue weighted by atomic mass is 10.1. The van der Waals surface area contributed by atoms with Crippen LogP contribution in [0.4, 0.5) is 11.6 Å². The van der Waals surface area contributed by atoms with Crippen LogP contribution in [-0.4, -0.2) is 50.2 Å². The molecule has 0 unspecified atom stereocenters.